The molecule has 1 N–H and O–H groups in total. The Labute approximate surface area is 46.6 Å². The van der Waals surface area contributed by atoms with Gasteiger partial charge in [0.15, 0.2) is 5.78 Å². The van der Waals surface area contributed by atoms with Crippen LogP contribution in [0.4, 0.5) is 0 Å². The van der Waals surface area contributed by atoms with Crippen molar-refractivity contribution in [3.05, 3.63) is 12.2 Å². The summed E-state index contributed by atoms with van der Waals surface area (Å²) in [5.74, 6) is -1.75. The van der Waals surface area contributed by atoms with Crippen LogP contribution >= 0.6 is 0 Å². The molecule has 0 aliphatic heterocycles. The first-order valence-corrected chi connectivity index (χ1v) is 1.99. The van der Waals surface area contributed by atoms with Gasteiger partial charge in [-0.05, 0) is 6.92 Å². The molecule has 0 aromatic carbocycles. The summed E-state index contributed by atoms with van der Waals surface area (Å²) in [7, 11) is 0. The molecule has 0 amide bonds. The van der Waals surface area contributed by atoms with Crippen LogP contribution in [0.15, 0.2) is 12.2 Å². The monoisotopic (exact) mass is 114 g/mol. The maximum atomic E-state index is 10.1. The number of Topliss-reactive ketones (excluding diaryl/α,β-unsaturated/α-hetero) is 1. The topological polar surface area (TPSA) is 54.4 Å². The Morgan fingerprint density at radius 1 is 1.50 bits per heavy atom. The number of carbonyl (C=O) groups excluding carboxylic acids is 1. The normalized spacial score (nSPS) is 8.12. The van der Waals surface area contributed by atoms with Crippen molar-refractivity contribution in [2.45, 2.75) is 6.92 Å². The zero-order valence-electron chi connectivity index (χ0n) is 4.47. The number of ketones is 1. The van der Waals surface area contributed by atoms with E-state index in [0.717, 1.165) is 6.92 Å². The summed E-state index contributed by atoms with van der Waals surface area (Å²) < 4.78 is 0. The first-order chi connectivity index (χ1) is 3.55. The van der Waals surface area contributed by atoms with E-state index in [-0.39, 0.29) is 5.57 Å². The zero-order chi connectivity index (χ0) is 6.73. The standard InChI is InChI=1S/C5H6O3/c1-3(4(2)6)5(7)8/h1H2,2H3,(H,7,8). The molecule has 0 bridgehead atoms. The van der Waals surface area contributed by atoms with Crippen molar-refractivity contribution in [1.29, 1.82) is 0 Å². The largest absolute Gasteiger partial charge is 0.478 e. The van der Waals surface area contributed by atoms with Gasteiger partial charge in [-0.1, -0.05) is 6.58 Å². The number of carboxylic acid groups (broad SMARTS) is 1. The van der Waals surface area contributed by atoms with Crippen molar-refractivity contribution < 1.29 is 14.7 Å². The van der Waals surface area contributed by atoms with E-state index < -0.39 is 11.8 Å². The highest BCUT2D eigenvalue weighted by atomic mass is 16.4. The minimum absolute atomic E-state index is 0.370. The van der Waals surface area contributed by atoms with Crippen LogP contribution in [-0.4, -0.2) is 16.9 Å². The van der Waals surface area contributed by atoms with E-state index in [1.54, 1.807) is 0 Å². The molecular weight excluding hydrogens is 108 g/mol. The molecule has 0 aromatic heterocycles. The minimum Gasteiger partial charge on any atom is -0.478 e. The summed E-state index contributed by atoms with van der Waals surface area (Å²) in [6.07, 6.45) is 0. The number of carbonyl (C=O) groups is 2. The molecule has 0 saturated heterocycles. The highest BCUT2D eigenvalue weighted by molar-refractivity contribution is 6.14. The lowest BCUT2D eigenvalue weighted by atomic mass is 10.2. The smallest absolute Gasteiger partial charge is 0.338 e. The highest BCUT2D eigenvalue weighted by Gasteiger charge is 2.06. The third kappa shape index (κ3) is 1.55. The molecule has 0 unspecified atom stereocenters. The van der Waals surface area contributed by atoms with Crippen molar-refractivity contribution in [2.24, 2.45) is 0 Å². The fourth-order valence-electron chi connectivity index (χ4n) is 0.151. The molecule has 0 heterocycles. The van der Waals surface area contributed by atoms with Gasteiger partial charge in [-0.2, -0.15) is 0 Å². The number of aliphatic carboxylic acids is 1. The molecule has 0 spiro atoms. The quantitative estimate of drug-likeness (QED) is 0.317. The third-order valence-electron chi connectivity index (χ3n) is 0.683. The molecule has 0 aliphatic rings. The fraction of sp³-hybridized carbons (Fsp3) is 0.200. The van der Waals surface area contributed by atoms with Gasteiger partial charge >= 0.3 is 5.97 Å². The van der Waals surface area contributed by atoms with Gasteiger partial charge in [-0.25, -0.2) is 4.79 Å². The SMILES string of the molecule is C=C(C(C)=O)C(=O)O. The summed E-state index contributed by atoms with van der Waals surface area (Å²) >= 11 is 0. The lowest BCUT2D eigenvalue weighted by Gasteiger charge is -1.87. The van der Waals surface area contributed by atoms with Gasteiger partial charge in [0, 0.05) is 0 Å². The molecule has 0 radical (unpaired) electrons. The molecular formula is C5H6O3. The molecule has 3 heteroatoms. The average molecular weight is 114 g/mol. The van der Waals surface area contributed by atoms with Crippen molar-refractivity contribution in [2.75, 3.05) is 0 Å². The predicted molar refractivity (Wildman–Crippen MR) is 27.5 cm³/mol. The van der Waals surface area contributed by atoms with E-state index in [2.05, 4.69) is 6.58 Å². The van der Waals surface area contributed by atoms with Gasteiger partial charge in [0.05, 0.1) is 5.57 Å². The number of carboxylic acids is 1. The molecule has 0 rings (SSSR count). The summed E-state index contributed by atoms with van der Waals surface area (Å²) in [5, 5.41) is 8.03. The van der Waals surface area contributed by atoms with Crippen LogP contribution in [0, 0.1) is 0 Å². The van der Waals surface area contributed by atoms with Crippen LogP contribution in [-0.2, 0) is 9.59 Å². The first-order valence-electron chi connectivity index (χ1n) is 1.99. The maximum Gasteiger partial charge on any atom is 0.338 e. The van der Waals surface area contributed by atoms with Crippen LogP contribution in [0.1, 0.15) is 6.92 Å². The summed E-state index contributed by atoms with van der Waals surface area (Å²) in [6, 6.07) is 0. The number of rotatable bonds is 2. The van der Waals surface area contributed by atoms with E-state index in [0.29, 0.717) is 0 Å². The van der Waals surface area contributed by atoms with Crippen molar-refractivity contribution in [3.63, 3.8) is 0 Å². The third-order valence-corrected chi connectivity index (χ3v) is 0.683. The molecule has 0 fully saturated rings. The summed E-state index contributed by atoms with van der Waals surface area (Å²) in [4.78, 5) is 19.9. The molecule has 3 nitrogen and oxygen atoms in total. The van der Waals surface area contributed by atoms with Gasteiger partial charge in [-0.3, -0.25) is 4.79 Å². The lowest BCUT2D eigenvalue weighted by Crippen LogP contribution is -2.06. The van der Waals surface area contributed by atoms with Crippen molar-refractivity contribution in [1.82, 2.24) is 0 Å². The Morgan fingerprint density at radius 3 is 1.88 bits per heavy atom. The lowest BCUT2D eigenvalue weighted by molar-refractivity contribution is -0.134. The van der Waals surface area contributed by atoms with Crippen LogP contribution in [0.25, 0.3) is 0 Å². The average Bonchev–Trinajstić information content (AvgIpc) is 1.64. The Balaban J connectivity index is 4.05. The van der Waals surface area contributed by atoms with E-state index in [1.807, 2.05) is 0 Å². The van der Waals surface area contributed by atoms with Crippen molar-refractivity contribution >= 4 is 11.8 Å². The van der Waals surface area contributed by atoms with Crippen LogP contribution < -0.4 is 0 Å². The molecule has 8 heavy (non-hydrogen) atoms. The summed E-state index contributed by atoms with van der Waals surface area (Å²) in [5.41, 5.74) is -0.370. The van der Waals surface area contributed by atoms with E-state index in [9.17, 15) is 9.59 Å². The second kappa shape index (κ2) is 2.26. The molecule has 0 atom stereocenters. The number of hydrogen-bond acceptors (Lipinski definition) is 2. The Kier molecular flexibility index (Phi) is 1.94. The summed E-state index contributed by atoms with van der Waals surface area (Å²) in [6.45, 7) is 4.17. The minimum atomic E-state index is -1.25. The van der Waals surface area contributed by atoms with Gasteiger partial charge in [-0.15, -0.1) is 0 Å². The molecule has 0 aliphatic carbocycles. The highest BCUT2D eigenvalue weighted by Crippen LogP contribution is 1.88. The van der Waals surface area contributed by atoms with E-state index in [4.69, 9.17) is 5.11 Å². The Morgan fingerprint density at radius 2 is 1.88 bits per heavy atom. The zero-order valence-corrected chi connectivity index (χ0v) is 4.47. The Bertz CT molecular complexity index is 130. The van der Waals surface area contributed by atoms with Crippen LogP contribution in [0.5, 0.6) is 0 Å². The first kappa shape index (κ1) is 6.88. The van der Waals surface area contributed by atoms with E-state index in [1.165, 1.54) is 0 Å². The van der Waals surface area contributed by atoms with Gasteiger partial charge < -0.3 is 5.11 Å². The van der Waals surface area contributed by atoms with Gasteiger partial charge in [0.1, 0.15) is 0 Å². The molecule has 0 aromatic rings. The predicted octanol–water partition coefficient (Wildman–Crippen LogP) is 0.216. The second-order valence-corrected chi connectivity index (χ2v) is 1.34. The molecule has 0 saturated carbocycles. The maximum absolute atomic E-state index is 10.1. The molecule has 44 valence electrons. The fourth-order valence-corrected chi connectivity index (χ4v) is 0.151. The van der Waals surface area contributed by atoms with E-state index >= 15 is 0 Å². The van der Waals surface area contributed by atoms with Crippen molar-refractivity contribution in [3.8, 4) is 0 Å². The van der Waals surface area contributed by atoms with Crippen LogP contribution in [0.2, 0.25) is 0 Å². The Hall–Kier alpha value is -1.12. The van der Waals surface area contributed by atoms with Gasteiger partial charge in [0.25, 0.3) is 0 Å². The second-order valence-electron chi connectivity index (χ2n) is 1.34. The number of hydrogen-bond donors (Lipinski definition) is 1. The van der Waals surface area contributed by atoms with Crippen LogP contribution in [0.3, 0.4) is 0 Å². The van der Waals surface area contributed by atoms with Gasteiger partial charge in [0.2, 0.25) is 0 Å².